The van der Waals surface area contributed by atoms with E-state index in [1.807, 2.05) is 0 Å². The molecule has 0 N–H and O–H groups in total. The number of aromatic nitrogens is 1. The highest BCUT2D eigenvalue weighted by Gasteiger charge is 2.24. The normalized spacial score (nSPS) is 10.5. The van der Waals surface area contributed by atoms with E-state index in [-0.39, 0.29) is 10.2 Å². The number of halogens is 4. The van der Waals surface area contributed by atoms with Gasteiger partial charge in [0, 0.05) is 0 Å². The number of nitrogens with zero attached hydrogens (tertiary/aromatic N) is 1. The Labute approximate surface area is 91.4 Å². The highest BCUT2D eigenvalue weighted by atomic mass is 79.9. The van der Waals surface area contributed by atoms with Crippen molar-refractivity contribution >= 4 is 21.9 Å². The molecule has 0 aliphatic carbocycles. The first-order valence-corrected chi connectivity index (χ1v) is 4.48. The van der Waals surface area contributed by atoms with Gasteiger partial charge in [0.15, 0.2) is 11.5 Å². The molecule has 7 heteroatoms. The maximum Gasteiger partial charge on any atom is 0.357 e. The van der Waals surface area contributed by atoms with Crippen molar-refractivity contribution in [3.8, 4) is 0 Å². The Morgan fingerprint density at radius 2 is 2.20 bits per heavy atom. The molecule has 0 radical (unpaired) electrons. The molecule has 0 saturated carbocycles. The summed E-state index contributed by atoms with van der Waals surface area (Å²) >= 11 is 2.69. The number of esters is 1. The van der Waals surface area contributed by atoms with Crippen molar-refractivity contribution < 1.29 is 22.7 Å². The van der Waals surface area contributed by atoms with E-state index in [0.717, 1.165) is 7.11 Å². The number of rotatable bonds is 2. The van der Waals surface area contributed by atoms with Gasteiger partial charge < -0.3 is 4.74 Å². The van der Waals surface area contributed by atoms with Crippen molar-refractivity contribution in [2.24, 2.45) is 0 Å². The molecule has 1 rings (SSSR count). The average Bonchev–Trinajstić information content (AvgIpc) is 2.16. The van der Waals surface area contributed by atoms with Gasteiger partial charge in [0.05, 0.1) is 23.3 Å². The highest BCUT2D eigenvalue weighted by Crippen LogP contribution is 2.31. The van der Waals surface area contributed by atoms with Crippen LogP contribution in [-0.2, 0) is 4.74 Å². The number of pyridine rings is 1. The Bertz CT molecular complexity index is 398. The van der Waals surface area contributed by atoms with E-state index < -0.39 is 23.8 Å². The third-order valence-corrected chi connectivity index (χ3v) is 2.41. The number of ether oxygens (including phenoxy) is 1. The molecule has 1 aromatic heterocycles. The van der Waals surface area contributed by atoms with Crippen LogP contribution in [0.4, 0.5) is 13.2 Å². The summed E-state index contributed by atoms with van der Waals surface area (Å²) in [5, 5.41) is 0. The Kier molecular flexibility index (Phi) is 3.67. The van der Waals surface area contributed by atoms with Gasteiger partial charge in [-0.15, -0.1) is 0 Å². The molecule has 0 spiro atoms. The highest BCUT2D eigenvalue weighted by molar-refractivity contribution is 9.10. The van der Waals surface area contributed by atoms with Crippen LogP contribution in [0.5, 0.6) is 0 Å². The topological polar surface area (TPSA) is 39.2 Å². The van der Waals surface area contributed by atoms with Crippen molar-refractivity contribution in [2.45, 2.75) is 6.43 Å². The van der Waals surface area contributed by atoms with Gasteiger partial charge in [0.2, 0.25) is 0 Å². The minimum absolute atomic E-state index is 0.380. The van der Waals surface area contributed by atoms with Crippen LogP contribution in [0.2, 0.25) is 0 Å². The van der Waals surface area contributed by atoms with Crippen molar-refractivity contribution in [3.05, 3.63) is 27.7 Å². The maximum atomic E-state index is 12.9. The number of carbonyl (C=O) groups is 1. The summed E-state index contributed by atoms with van der Waals surface area (Å²) in [4.78, 5) is 14.4. The van der Waals surface area contributed by atoms with Crippen LogP contribution in [0.1, 0.15) is 22.5 Å². The fourth-order valence-corrected chi connectivity index (χ4v) is 1.55. The third kappa shape index (κ3) is 2.28. The summed E-state index contributed by atoms with van der Waals surface area (Å²) in [5.41, 5.74) is -1.28. The van der Waals surface area contributed by atoms with Crippen LogP contribution >= 0.6 is 15.9 Å². The predicted octanol–water partition coefficient (Wildman–Crippen LogP) is 2.71. The van der Waals surface area contributed by atoms with Crippen molar-refractivity contribution in [3.63, 3.8) is 0 Å². The summed E-state index contributed by atoms with van der Waals surface area (Å²) in [7, 11) is 1.07. The lowest BCUT2D eigenvalue weighted by molar-refractivity contribution is 0.0592. The summed E-state index contributed by atoms with van der Waals surface area (Å²) < 4.78 is 41.6. The molecule has 0 saturated heterocycles. The van der Waals surface area contributed by atoms with Gasteiger partial charge in [-0.05, 0) is 15.9 Å². The van der Waals surface area contributed by atoms with Crippen LogP contribution in [0, 0.1) is 5.82 Å². The van der Waals surface area contributed by atoms with Gasteiger partial charge >= 0.3 is 5.97 Å². The Balaban J connectivity index is 3.35. The summed E-state index contributed by atoms with van der Waals surface area (Å²) in [6, 6.07) is 0. The number of alkyl halides is 2. The number of methoxy groups -OCH3 is 1. The second-order valence-corrected chi connectivity index (χ2v) is 3.27. The monoisotopic (exact) mass is 283 g/mol. The maximum absolute atomic E-state index is 12.9. The molecule has 0 bridgehead atoms. The number of hydrogen-bond acceptors (Lipinski definition) is 3. The van der Waals surface area contributed by atoms with Gasteiger partial charge in [-0.3, -0.25) is 0 Å². The number of hydrogen-bond donors (Lipinski definition) is 0. The van der Waals surface area contributed by atoms with Crippen molar-refractivity contribution in [2.75, 3.05) is 7.11 Å². The second-order valence-electron chi connectivity index (χ2n) is 2.47. The average molecular weight is 284 g/mol. The van der Waals surface area contributed by atoms with E-state index in [1.165, 1.54) is 0 Å². The van der Waals surface area contributed by atoms with Crippen LogP contribution in [0.15, 0.2) is 10.7 Å². The van der Waals surface area contributed by atoms with Crippen LogP contribution in [-0.4, -0.2) is 18.1 Å². The Morgan fingerprint density at radius 1 is 1.60 bits per heavy atom. The van der Waals surface area contributed by atoms with Gasteiger partial charge in [-0.1, -0.05) is 0 Å². The summed E-state index contributed by atoms with van der Waals surface area (Å²) in [6.07, 6.45) is -2.48. The summed E-state index contributed by atoms with van der Waals surface area (Å²) in [6.45, 7) is 0. The molecule has 3 nitrogen and oxygen atoms in total. The standard InChI is InChI=1S/C8H5BrF3NO2/c1-15-8(14)6-5(9)4(7(11)12)3(10)2-13-6/h2,7H,1H3. The minimum atomic E-state index is -3.04. The summed E-state index contributed by atoms with van der Waals surface area (Å²) in [5.74, 6) is -2.09. The van der Waals surface area contributed by atoms with E-state index in [2.05, 4.69) is 25.7 Å². The van der Waals surface area contributed by atoms with Crippen LogP contribution < -0.4 is 0 Å². The molecule has 0 aromatic carbocycles. The first-order valence-electron chi connectivity index (χ1n) is 3.69. The molecule has 1 heterocycles. The Hall–Kier alpha value is -1.11. The van der Waals surface area contributed by atoms with Gasteiger partial charge in [0.25, 0.3) is 6.43 Å². The van der Waals surface area contributed by atoms with E-state index in [4.69, 9.17) is 0 Å². The smallest absolute Gasteiger partial charge is 0.357 e. The Morgan fingerprint density at radius 3 is 2.67 bits per heavy atom. The van der Waals surface area contributed by atoms with Crippen molar-refractivity contribution in [1.82, 2.24) is 4.98 Å². The molecule has 0 unspecified atom stereocenters. The lowest BCUT2D eigenvalue weighted by Crippen LogP contribution is -2.08. The van der Waals surface area contributed by atoms with E-state index in [9.17, 15) is 18.0 Å². The zero-order valence-electron chi connectivity index (χ0n) is 7.43. The zero-order valence-corrected chi connectivity index (χ0v) is 9.02. The molecule has 0 amide bonds. The molecule has 82 valence electrons. The molecule has 1 aromatic rings. The minimum Gasteiger partial charge on any atom is -0.464 e. The van der Waals surface area contributed by atoms with E-state index >= 15 is 0 Å². The zero-order chi connectivity index (χ0) is 11.6. The first-order chi connectivity index (χ1) is 6.99. The van der Waals surface area contributed by atoms with Crippen LogP contribution in [0.3, 0.4) is 0 Å². The fourth-order valence-electron chi connectivity index (χ4n) is 0.919. The van der Waals surface area contributed by atoms with Crippen LogP contribution in [0.25, 0.3) is 0 Å². The largest absolute Gasteiger partial charge is 0.464 e. The number of carbonyl (C=O) groups excluding carboxylic acids is 1. The molecule has 0 fully saturated rings. The molecule has 15 heavy (non-hydrogen) atoms. The van der Waals surface area contributed by atoms with E-state index in [0.29, 0.717) is 6.20 Å². The lowest BCUT2D eigenvalue weighted by Gasteiger charge is -2.07. The van der Waals surface area contributed by atoms with Gasteiger partial charge in [-0.25, -0.2) is 22.9 Å². The van der Waals surface area contributed by atoms with Crippen molar-refractivity contribution in [1.29, 1.82) is 0 Å². The molecular weight excluding hydrogens is 279 g/mol. The lowest BCUT2D eigenvalue weighted by atomic mass is 10.2. The SMILES string of the molecule is COC(=O)c1ncc(F)c(C(F)F)c1Br. The molecule has 0 aliphatic heterocycles. The van der Waals surface area contributed by atoms with Gasteiger partial charge in [-0.2, -0.15) is 0 Å². The fraction of sp³-hybridized carbons (Fsp3) is 0.250. The third-order valence-electron chi connectivity index (χ3n) is 1.61. The van der Waals surface area contributed by atoms with E-state index in [1.54, 1.807) is 0 Å². The second kappa shape index (κ2) is 4.61. The quantitative estimate of drug-likeness (QED) is 0.784. The van der Waals surface area contributed by atoms with Gasteiger partial charge in [0.1, 0.15) is 0 Å². The molecule has 0 atom stereocenters. The molecule has 0 aliphatic rings. The first kappa shape index (κ1) is 12.0. The molecular formula is C8H5BrF3NO2. The predicted molar refractivity (Wildman–Crippen MR) is 48.2 cm³/mol.